The van der Waals surface area contributed by atoms with E-state index >= 15 is 0 Å². The van der Waals surface area contributed by atoms with Crippen LogP contribution in [0, 0.1) is 5.92 Å². The predicted molar refractivity (Wildman–Crippen MR) is 89.4 cm³/mol. The minimum Gasteiger partial charge on any atom is -0.449 e. The number of benzene rings is 2. The second-order valence-corrected chi connectivity index (χ2v) is 6.23. The molecule has 1 heterocycles. The Balaban J connectivity index is 1.45. The molecule has 4 rings (SSSR count). The molecule has 0 atom stereocenters. The van der Waals surface area contributed by atoms with Gasteiger partial charge in [0, 0.05) is 31.5 Å². The minimum absolute atomic E-state index is 0.124. The van der Waals surface area contributed by atoms with Crippen LogP contribution in [0.4, 0.5) is 4.79 Å². The van der Waals surface area contributed by atoms with E-state index in [4.69, 9.17) is 4.74 Å². The van der Waals surface area contributed by atoms with Gasteiger partial charge in [0.2, 0.25) is 0 Å². The molecule has 0 radical (unpaired) electrons. The highest BCUT2D eigenvalue weighted by molar-refractivity contribution is 5.79. The van der Waals surface area contributed by atoms with E-state index in [-0.39, 0.29) is 12.0 Å². The summed E-state index contributed by atoms with van der Waals surface area (Å²) < 4.78 is 5.49. The van der Waals surface area contributed by atoms with Crippen molar-refractivity contribution in [1.82, 2.24) is 10.6 Å². The van der Waals surface area contributed by atoms with E-state index in [1.807, 2.05) is 12.1 Å². The molecule has 1 aliphatic heterocycles. The van der Waals surface area contributed by atoms with E-state index < -0.39 is 0 Å². The number of amides is 1. The number of carbonyl (C=O) groups is 1. The van der Waals surface area contributed by atoms with E-state index in [9.17, 15) is 4.79 Å². The molecule has 2 N–H and O–H groups in total. The molecule has 23 heavy (non-hydrogen) atoms. The zero-order chi connectivity index (χ0) is 15.6. The van der Waals surface area contributed by atoms with Gasteiger partial charge in [-0.3, -0.25) is 0 Å². The summed E-state index contributed by atoms with van der Waals surface area (Å²) in [5.74, 6) is 0.661. The number of rotatable bonds is 4. The maximum absolute atomic E-state index is 11.9. The molecule has 4 nitrogen and oxygen atoms in total. The maximum atomic E-state index is 11.9. The quantitative estimate of drug-likeness (QED) is 0.913. The maximum Gasteiger partial charge on any atom is 0.407 e. The Kier molecular flexibility index (Phi) is 3.75. The van der Waals surface area contributed by atoms with Gasteiger partial charge in [-0.1, -0.05) is 48.5 Å². The summed E-state index contributed by atoms with van der Waals surface area (Å²) in [5, 5.41) is 6.05. The van der Waals surface area contributed by atoms with Crippen molar-refractivity contribution < 1.29 is 9.53 Å². The third kappa shape index (κ3) is 2.70. The molecule has 0 saturated carbocycles. The van der Waals surface area contributed by atoms with Gasteiger partial charge in [-0.2, -0.15) is 0 Å². The van der Waals surface area contributed by atoms with Crippen LogP contribution in [0.1, 0.15) is 17.0 Å². The Labute approximate surface area is 135 Å². The van der Waals surface area contributed by atoms with Gasteiger partial charge in [0.15, 0.2) is 0 Å². The number of ether oxygens (including phenoxy) is 1. The normalized spacial score (nSPS) is 16.3. The molecule has 2 aliphatic rings. The second kappa shape index (κ2) is 6.05. The van der Waals surface area contributed by atoms with Crippen molar-refractivity contribution in [3.63, 3.8) is 0 Å². The van der Waals surface area contributed by atoms with Crippen LogP contribution in [0.2, 0.25) is 0 Å². The van der Waals surface area contributed by atoms with Crippen molar-refractivity contribution in [2.45, 2.75) is 5.92 Å². The summed E-state index contributed by atoms with van der Waals surface area (Å²) in [6.45, 7) is 3.01. The zero-order valence-corrected chi connectivity index (χ0v) is 12.9. The summed E-state index contributed by atoms with van der Waals surface area (Å²) >= 11 is 0. The lowest BCUT2D eigenvalue weighted by molar-refractivity contribution is 0.139. The molecular formula is C19H20N2O2. The van der Waals surface area contributed by atoms with Crippen LogP contribution < -0.4 is 10.6 Å². The molecule has 1 saturated heterocycles. The molecule has 0 bridgehead atoms. The highest BCUT2D eigenvalue weighted by Gasteiger charge is 2.29. The Morgan fingerprint density at radius 3 is 2.22 bits per heavy atom. The predicted octanol–water partition coefficient (Wildman–Crippen LogP) is 2.74. The molecule has 0 aromatic heterocycles. The zero-order valence-electron chi connectivity index (χ0n) is 12.9. The third-order valence-corrected chi connectivity index (χ3v) is 4.74. The standard InChI is InChI=1S/C19H20N2O2/c22-19(21-11-13-9-20-10-13)23-12-18-16-7-3-1-5-14(16)15-6-2-4-8-17(15)18/h1-8,13,18,20H,9-12H2,(H,21,22). The molecule has 1 aliphatic carbocycles. The van der Waals surface area contributed by atoms with Gasteiger partial charge < -0.3 is 15.4 Å². The van der Waals surface area contributed by atoms with E-state index in [0.29, 0.717) is 19.1 Å². The first kappa shape index (κ1) is 14.3. The van der Waals surface area contributed by atoms with E-state index in [1.54, 1.807) is 0 Å². The molecule has 1 fully saturated rings. The summed E-state index contributed by atoms with van der Waals surface area (Å²) in [6, 6.07) is 16.7. The van der Waals surface area contributed by atoms with Crippen LogP contribution >= 0.6 is 0 Å². The fraction of sp³-hybridized carbons (Fsp3) is 0.316. The van der Waals surface area contributed by atoms with Gasteiger partial charge >= 0.3 is 6.09 Å². The summed E-state index contributed by atoms with van der Waals surface area (Å²) in [7, 11) is 0. The van der Waals surface area contributed by atoms with E-state index in [0.717, 1.165) is 13.1 Å². The largest absolute Gasteiger partial charge is 0.449 e. The number of nitrogens with one attached hydrogen (secondary N) is 2. The van der Waals surface area contributed by atoms with Crippen molar-refractivity contribution in [3.8, 4) is 11.1 Å². The first-order valence-corrected chi connectivity index (χ1v) is 8.12. The smallest absolute Gasteiger partial charge is 0.407 e. The van der Waals surface area contributed by atoms with E-state index in [2.05, 4.69) is 47.0 Å². The van der Waals surface area contributed by atoms with Crippen molar-refractivity contribution in [3.05, 3.63) is 59.7 Å². The van der Waals surface area contributed by atoms with Crippen LogP contribution in [0.5, 0.6) is 0 Å². The molecule has 0 unspecified atom stereocenters. The topological polar surface area (TPSA) is 50.4 Å². The first-order chi connectivity index (χ1) is 11.3. The van der Waals surface area contributed by atoms with Crippen molar-refractivity contribution >= 4 is 6.09 Å². The van der Waals surface area contributed by atoms with Gasteiger partial charge in [-0.05, 0) is 22.3 Å². The minimum atomic E-state index is -0.321. The van der Waals surface area contributed by atoms with Gasteiger partial charge in [0.25, 0.3) is 0 Å². The van der Waals surface area contributed by atoms with Crippen LogP contribution in [-0.4, -0.2) is 32.3 Å². The summed E-state index contributed by atoms with van der Waals surface area (Å²) in [5.41, 5.74) is 4.98. The van der Waals surface area contributed by atoms with Crippen LogP contribution in [0.15, 0.2) is 48.5 Å². The lowest BCUT2D eigenvalue weighted by Gasteiger charge is -2.27. The fourth-order valence-corrected chi connectivity index (χ4v) is 3.37. The molecule has 2 aromatic rings. The highest BCUT2D eigenvalue weighted by atomic mass is 16.5. The SMILES string of the molecule is O=C(NCC1CNC1)OCC1c2ccccc2-c2ccccc21. The van der Waals surface area contributed by atoms with Gasteiger partial charge in [-0.25, -0.2) is 4.79 Å². The van der Waals surface area contributed by atoms with Crippen molar-refractivity contribution in [2.75, 3.05) is 26.2 Å². The van der Waals surface area contributed by atoms with Gasteiger partial charge in [-0.15, -0.1) is 0 Å². The molecule has 4 heteroatoms. The molecular weight excluding hydrogens is 288 g/mol. The van der Waals surface area contributed by atoms with Crippen LogP contribution in [0.3, 0.4) is 0 Å². The number of fused-ring (bicyclic) bond motifs is 3. The Morgan fingerprint density at radius 1 is 1.04 bits per heavy atom. The highest BCUT2D eigenvalue weighted by Crippen LogP contribution is 2.44. The number of alkyl carbamates (subject to hydrolysis) is 1. The summed E-state index contributed by atoms with van der Waals surface area (Å²) in [4.78, 5) is 11.9. The third-order valence-electron chi connectivity index (χ3n) is 4.74. The Morgan fingerprint density at radius 2 is 1.65 bits per heavy atom. The number of hydrogen-bond acceptors (Lipinski definition) is 3. The fourth-order valence-electron chi connectivity index (χ4n) is 3.37. The lowest BCUT2D eigenvalue weighted by atomic mass is 9.98. The van der Waals surface area contributed by atoms with Crippen LogP contribution in [0.25, 0.3) is 11.1 Å². The second-order valence-electron chi connectivity index (χ2n) is 6.23. The van der Waals surface area contributed by atoms with Gasteiger partial charge in [0.05, 0.1) is 0 Å². The van der Waals surface area contributed by atoms with Crippen LogP contribution in [-0.2, 0) is 4.74 Å². The average molecular weight is 308 g/mol. The Hall–Kier alpha value is -2.33. The number of carbonyl (C=O) groups excluding carboxylic acids is 1. The van der Waals surface area contributed by atoms with E-state index in [1.165, 1.54) is 22.3 Å². The summed E-state index contributed by atoms with van der Waals surface area (Å²) in [6.07, 6.45) is -0.321. The molecule has 1 amide bonds. The van der Waals surface area contributed by atoms with Crippen molar-refractivity contribution in [1.29, 1.82) is 0 Å². The first-order valence-electron chi connectivity index (χ1n) is 8.12. The lowest BCUT2D eigenvalue weighted by Crippen LogP contribution is -2.48. The van der Waals surface area contributed by atoms with Gasteiger partial charge in [0.1, 0.15) is 6.61 Å². The van der Waals surface area contributed by atoms with Crippen molar-refractivity contribution in [2.24, 2.45) is 5.92 Å². The monoisotopic (exact) mass is 308 g/mol. The molecule has 2 aromatic carbocycles. The molecule has 118 valence electrons. The average Bonchev–Trinajstić information content (AvgIpc) is 2.86. The molecule has 0 spiro atoms. The number of hydrogen-bond donors (Lipinski definition) is 2. The Bertz CT molecular complexity index is 679.